The number of hydrogen-bond acceptors (Lipinski definition) is 6. The number of aliphatic hydroxyl groups excluding tert-OH is 1. The SMILES string of the molecule is CC(C)CC(=O)C1=C(O)C(=O)N(Cc2ccco2)C1c1ccc([N+](=O)[O-])cc1. The predicted octanol–water partition coefficient (Wildman–Crippen LogP) is 3.70. The maximum absolute atomic E-state index is 12.8. The van der Waals surface area contributed by atoms with Crippen LogP contribution in [0.1, 0.15) is 37.6 Å². The van der Waals surface area contributed by atoms with Crippen LogP contribution in [0.3, 0.4) is 0 Å². The van der Waals surface area contributed by atoms with Gasteiger partial charge in [0.2, 0.25) is 0 Å². The number of non-ortho nitro benzene ring substituents is 1. The minimum atomic E-state index is -0.843. The molecule has 28 heavy (non-hydrogen) atoms. The highest BCUT2D eigenvalue weighted by Gasteiger charge is 2.43. The molecular formula is C20H20N2O6. The van der Waals surface area contributed by atoms with Gasteiger partial charge in [-0.25, -0.2) is 0 Å². The van der Waals surface area contributed by atoms with Gasteiger partial charge in [-0.2, -0.15) is 0 Å². The van der Waals surface area contributed by atoms with Crippen LogP contribution in [-0.4, -0.2) is 26.6 Å². The monoisotopic (exact) mass is 384 g/mol. The summed E-state index contributed by atoms with van der Waals surface area (Å²) in [5, 5.41) is 21.4. The van der Waals surface area contributed by atoms with Crippen LogP contribution in [-0.2, 0) is 16.1 Å². The molecular weight excluding hydrogens is 364 g/mol. The molecule has 0 bridgehead atoms. The summed E-state index contributed by atoms with van der Waals surface area (Å²) in [6, 6.07) is 8.12. The fraction of sp³-hybridized carbons (Fsp3) is 0.300. The quantitative estimate of drug-likeness (QED) is 0.575. The Labute approximate surface area is 161 Å². The zero-order valence-corrected chi connectivity index (χ0v) is 15.5. The van der Waals surface area contributed by atoms with Gasteiger partial charge in [-0.3, -0.25) is 19.7 Å². The molecule has 0 spiro atoms. The van der Waals surface area contributed by atoms with E-state index in [0.717, 1.165) is 0 Å². The fourth-order valence-corrected chi connectivity index (χ4v) is 3.28. The Morgan fingerprint density at radius 3 is 2.50 bits per heavy atom. The third-order valence-electron chi connectivity index (χ3n) is 4.52. The number of amides is 1. The smallest absolute Gasteiger partial charge is 0.290 e. The van der Waals surface area contributed by atoms with E-state index in [4.69, 9.17) is 4.42 Å². The molecule has 146 valence electrons. The average molecular weight is 384 g/mol. The van der Waals surface area contributed by atoms with Gasteiger partial charge in [-0.05, 0) is 35.7 Å². The number of nitro benzene ring substituents is 1. The maximum Gasteiger partial charge on any atom is 0.290 e. The van der Waals surface area contributed by atoms with E-state index >= 15 is 0 Å². The lowest BCUT2D eigenvalue weighted by Crippen LogP contribution is -2.30. The molecule has 0 saturated heterocycles. The van der Waals surface area contributed by atoms with Crippen LogP contribution in [0, 0.1) is 16.0 Å². The molecule has 2 heterocycles. The molecule has 3 rings (SSSR count). The van der Waals surface area contributed by atoms with E-state index in [9.17, 15) is 24.8 Å². The minimum Gasteiger partial charge on any atom is -0.503 e. The number of nitro groups is 1. The molecule has 1 amide bonds. The number of rotatable bonds is 7. The summed E-state index contributed by atoms with van der Waals surface area (Å²) >= 11 is 0. The van der Waals surface area contributed by atoms with Crippen LogP contribution in [0.5, 0.6) is 0 Å². The van der Waals surface area contributed by atoms with Crippen LogP contribution >= 0.6 is 0 Å². The van der Waals surface area contributed by atoms with E-state index in [2.05, 4.69) is 0 Å². The molecule has 2 aromatic rings. The molecule has 1 aromatic heterocycles. The summed E-state index contributed by atoms with van der Waals surface area (Å²) in [6.07, 6.45) is 1.64. The summed E-state index contributed by atoms with van der Waals surface area (Å²) in [6.45, 7) is 3.79. The number of furan rings is 1. The van der Waals surface area contributed by atoms with E-state index in [1.807, 2.05) is 13.8 Å². The number of benzene rings is 1. The number of ketones is 1. The lowest BCUT2D eigenvalue weighted by atomic mass is 9.92. The Bertz CT molecular complexity index is 928. The predicted molar refractivity (Wildman–Crippen MR) is 99.2 cm³/mol. The van der Waals surface area contributed by atoms with Crippen molar-refractivity contribution in [2.24, 2.45) is 5.92 Å². The van der Waals surface area contributed by atoms with Gasteiger partial charge >= 0.3 is 0 Å². The van der Waals surface area contributed by atoms with Gasteiger partial charge in [0.05, 0.1) is 29.3 Å². The van der Waals surface area contributed by atoms with Gasteiger partial charge < -0.3 is 14.4 Å². The van der Waals surface area contributed by atoms with Gasteiger partial charge in [-0.15, -0.1) is 0 Å². The molecule has 0 aliphatic carbocycles. The van der Waals surface area contributed by atoms with Crippen molar-refractivity contribution in [3.05, 3.63) is 75.4 Å². The molecule has 1 atom stereocenters. The van der Waals surface area contributed by atoms with Crippen LogP contribution < -0.4 is 0 Å². The molecule has 8 heteroatoms. The van der Waals surface area contributed by atoms with Gasteiger partial charge in [0.25, 0.3) is 11.6 Å². The van der Waals surface area contributed by atoms with Gasteiger partial charge in [0, 0.05) is 18.6 Å². The van der Waals surface area contributed by atoms with Crippen molar-refractivity contribution in [1.29, 1.82) is 0 Å². The second kappa shape index (κ2) is 7.67. The lowest BCUT2D eigenvalue weighted by Gasteiger charge is -2.26. The average Bonchev–Trinajstić information content (AvgIpc) is 3.23. The molecule has 1 aromatic carbocycles. The van der Waals surface area contributed by atoms with Crippen molar-refractivity contribution in [2.45, 2.75) is 32.9 Å². The first kappa shape index (κ1) is 19.3. The third kappa shape index (κ3) is 3.66. The maximum atomic E-state index is 12.8. The third-order valence-corrected chi connectivity index (χ3v) is 4.52. The fourth-order valence-electron chi connectivity index (χ4n) is 3.28. The Morgan fingerprint density at radius 2 is 1.96 bits per heavy atom. The number of nitrogens with zero attached hydrogens (tertiary/aromatic N) is 2. The largest absolute Gasteiger partial charge is 0.503 e. The molecule has 0 fully saturated rings. The van der Waals surface area contributed by atoms with E-state index in [0.29, 0.717) is 11.3 Å². The summed E-state index contributed by atoms with van der Waals surface area (Å²) < 4.78 is 5.31. The van der Waals surface area contributed by atoms with Crippen LogP contribution in [0.25, 0.3) is 0 Å². The standard InChI is InChI=1S/C20H20N2O6/c1-12(2)10-16(23)17-18(13-5-7-14(8-6-13)22(26)27)21(20(25)19(17)24)11-15-4-3-9-28-15/h3-9,12,18,24H,10-11H2,1-2H3. The second-order valence-electron chi connectivity index (χ2n) is 7.05. The van der Waals surface area contributed by atoms with Crippen molar-refractivity contribution >= 4 is 17.4 Å². The Kier molecular flexibility index (Phi) is 5.30. The number of aliphatic hydroxyl groups is 1. The van der Waals surface area contributed by atoms with E-state index in [1.165, 1.54) is 35.4 Å². The van der Waals surface area contributed by atoms with Gasteiger partial charge in [0.15, 0.2) is 11.5 Å². The number of Topliss-reactive ketones (excluding diaryl/α,β-unsaturated/α-hetero) is 1. The molecule has 8 nitrogen and oxygen atoms in total. The zero-order chi connectivity index (χ0) is 20.4. The first-order valence-corrected chi connectivity index (χ1v) is 8.83. The van der Waals surface area contributed by atoms with Crippen molar-refractivity contribution < 1.29 is 24.0 Å². The van der Waals surface area contributed by atoms with Crippen molar-refractivity contribution in [3.63, 3.8) is 0 Å². The van der Waals surface area contributed by atoms with Crippen LogP contribution in [0.2, 0.25) is 0 Å². The van der Waals surface area contributed by atoms with E-state index in [1.54, 1.807) is 12.1 Å². The molecule has 0 radical (unpaired) electrons. The first-order chi connectivity index (χ1) is 13.3. The van der Waals surface area contributed by atoms with Gasteiger partial charge in [0.1, 0.15) is 5.76 Å². The van der Waals surface area contributed by atoms with Crippen LogP contribution in [0.4, 0.5) is 5.69 Å². The molecule has 1 aliphatic rings. The molecule has 1 unspecified atom stereocenters. The Balaban J connectivity index is 2.04. The van der Waals surface area contributed by atoms with Crippen molar-refractivity contribution in [1.82, 2.24) is 4.90 Å². The van der Waals surface area contributed by atoms with Crippen molar-refractivity contribution in [3.8, 4) is 0 Å². The number of carbonyl (C=O) groups excluding carboxylic acids is 2. The van der Waals surface area contributed by atoms with Crippen molar-refractivity contribution in [2.75, 3.05) is 0 Å². The number of carbonyl (C=O) groups is 2. The Hall–Kier alpha value is -3.42. The summed E-state index contributed by atoms with van der Waals surface area (Å²) in [5.41, 5.74) is 0.412. The van der Waals surface area contributed by atoms with E-state index in [-0.39, 0.29) is 35.9 Å². The van der Waals surface area contributed by atoms with Crippen LogP contribution in [0.15, 0.2) is 58.4 Å². The molecule has 1 N–H and O–H groups in total. The Morgan fingerprint density at radius 1 is 1.29 bits per heavy atom. The van der Waals surface area contributed by atoms with Gasteiger partial charge in [-0.1, -0.05) is 13.8 Å². The van der Waals surface area contributed by atoms with E-state index < -0.39 is 22.6 Å². The highest BCUT2D eigenvalue weighted by atomic mass is 16.6. The molecule has 1 aliphatic heterocycles. The minimum absolute atomic E-state index is 0.0131. The highest BCUT2D eigenvalue weighted by molar-refractivity contribution is 6.08. The highest BCUT2D eigenvalue weighted by Crippen LogP contribution is 2.40. The molecule has 0 saturated carbocycles. The summed E-state index contributed by atoms with van der Waals surface area (Å²) in [7, 11) is 0. The lowest BCUT2D eigenvalue weighted by molar-refractivity contribution is -0.384. The number of hydrogen-bond donors (Lipinski definition) is 1. The summed E-state index contributed by atoms with van der Waals surface area (Å²) in [5.74, 6) is -1.05. The zero-order valence-electron chi connectivity index (χ0n) is 15.5. The normalized spacial score (nSPS) is 16.9. The first-order valence-electron chi connectivity index (χ1n) is 8.83. The summed E-state index contributed by atoms with van der Waals surface area (Å²) in [4.78, 5) is 37.2. The topological polar surface area (TPSA) is 114 Å². The second-order valence-corrected chi connectivity index (χ2v) is 7.05.